The molecular weight excluding hydrogens is 634 g/mol. The normalized spacial score (nSPS) is 11.1. The summed E-state index contributed by atoms with van der Waals surface area (Å²) in [5.41, 5.74) is 0. The van der Waals surface area contributed by atoms with E-state index in [-0.39, 0.29) is 0 Å². The molecule has 0 aliphatic carbocycles. The van der Waals surface area contributed by atoms with E-state index in [2.05, 4.69) is 56.2 Å². The molecule has 0 fully saturated rings. The second-order valence-electron chi connectivity index (χ2n) is 9.38. The maximum atomic E-state index is 6.08. The predicted octanol–water partition coefficient (Wildman–Crippen LogP) is 9.73. The van der Waals surface area contributed by atoms with Crippen LogP contribution in [-0.4, -0.2) is 78.1 Å². The number of hydrogen-bond acceptors (Lipinski definition) is 6. The summed E-state index contributed by atoms with van der Waals surface area (Å²) in [6.07, 6.45) is 14.3. The Hall–Kier alpha value is 1.28. The number of hydrogen-bond donors (Lipinski definition) is 0. The summed E-state index contributed by atoms with van der Waals surface area (Å²) in [6.45, 7) is 19.9. The van der Waals surface area contributed by atoms with Gasteiger partial charge in [0.25, 0.3) is 0 Å². The van der Waals surface area contributed by atoms with Crippen LogP contribution in [0.3, 0.4) is 0 Å². The Morgan fingerprint density at radius 3 is 0.784 bits per heavy atom. The molecule has 0 saturated carbocycles. The van der Waals surface area contributed by atoms with Gasteiger partial charge in [0.2, 0.25) is 0 Å². The van der Waals surface area contributed by atoms with Gasteiger partial charge >= 0.3 is 263 Å². The Kier molecular flexibility index (Phi) is 27.1. The van der Waals surface area contributed by atoms with Crippen molar-refractivity contribution in [2.24, 2.45) is 0 Å². The van der Waals surface area contributed by atoms with Crippen molar-refractivity contribution in [1.82, 2.24) is 14.7 Å². The molecular formula is C27H54AsN3S6. The molecule has 0 radical (unpaired) electrons. The second kappa shape index (κ2) is 26.2. The van der Waals surface area contributed by atoms with Crippen molar-refractivity contribution in [1.29, 1.82) is 0 Å². The van der Waals surface area contributed by atoms with Crippen LogP contribution in [0.1, 0.15) is 119 Å². The molecule has 0 rings (SSSR count). The molecule has 0 heterocycles. The zero-order chi connectivity index (χ0) is 27.9. The fraction of sp³-hybridized carbons (Fsp3) is 0.889. The topological polar surface area (TPSA) is 9.72 Å². The Morgan fingerprint density at radius 1 is 0.432 bits per heavy atom. The van der Waals surface area contributed by atoms with Crippen molar-refractivity contribution in [3.05, 3.63) is 0 Å². The number of unbranched alkanes of at least 4 members (excludes halogenated alkanes) is 6. The van der Waals surface area contributed by atoms with Crippen molar-refractivity contribution < 1.29 is 0 Å². The molecule has 3 nitrogen and oxygen atoms in total. The van der Waals surface area contributed by atoms with Gasteiger partial charge in [0.1, 0.15) is 0 Å². The standard InChI is InChI=1S/C27H54AsN3S6/c1-7-13-19-29(20-14-8-2)25(32)35-28(36-26(33)30(21-15-9-3)22-16-10-4)37-27(34)31(23-17-11-5)24-18-12-6/h7-24H2,1-6H3. The van der Waals surface area contributed by atoms with Crippen molar-refractivity contribution in [2.45, 2.75) is 119 Å². The molecule has 37 heavy (non-hydrogen) atoms. The number of thiocarbonyl (C=S) groups is 3. The average molecular weight is 688 g/mol. The molecule has 0 N–H and O–H groups in total. The van der Waals surface area contributed by atoms with Crippen molar-refractivity contribution in [2.75, 3.05) is 39.3 Å². The van der Waals surface area contributed by atoms with Crippen LogP contribution in [0.4, 0.5) is 0 Å². The first-order chi connectivity index (χ1) is 17.9. The van der Waals surface area contributed by atoms with E-state index in [1.807, 2.05) is 30.1 Å². The summed E-state index contributed by atoms with van der Waals surface area (Å²) in [5, 5.41) is 0. The summed E-state index contributed by atoms with van der Waals surface area (Å²) in [5.74, 6) is 0. The zero-order valence-electron chi connectivity index (χ0n) is 24.5. The van der Waals surface area contributed by atoms with Crippen molar-refractivity contribution in [3.63, 3.8) is 0 Å². The minimum atomic E-state index is -1.66. The van der Waals surface area contributed by atoms with E-state index in [0.717, 1.165) is 52.2 Å². The van der Waals surface area contributed by atoms with Crippen LogP contribution in [0, 0.1) is 0 Å². The van der Waals surface area contributed by atoms with Crippen LogP contribution >= 0.6 is 66.7 Å². The van der Waals surface area contributed by atoms with Gasteiger partial charge in [-0.05, 0) is 0 Å². The Balaban J connectivity index is 5.69. The quantitative estimate of drug-likeness (QED) is 0.0855. The van der Waals surface area contributed by atoms with Gasteiger partial charge in [-0.2, -0.15) is 0 Å². The van der Waals surface area contributed by atoms with E-state index in [9.17, 15) is 0 Å². The molecule has 0 aromatic heterocycles. The van der Waals surface area contributed by atoms with Crippen LogP contribution < -0.4 is 0 Å². The van der Waals surface area contributed by atoms with Gasteiger partial charge in [-0.1, -0.05) is 0 Å². The van der Waals surface area contributed by atoms with Crippen molar-refractivity contribution >= 4 is 90.9 Å². The van der Waals surface area contributed by atoms with E-state index in [0.29, 0.717) is 0 Å². The van der Waals surface area contributed by atoms with Crippen LogP contribution in [0.5, 0.6) is 0 Å². The Morgan fingerprint density at radius 2 is 0.622 bits per heavy atom. The monoisotopic (exact) mass is 687 g/mol. The van der Waals surface area contributed by atoms with E-state index < -0.39 is 11.2 Å². The Labute approximate surface area is 261 Å². The molecule has 0 bridgehead atoms. The van der Waals surface area contributed by atoms with E-state index >= 15 is 0 Å². The summed E-state index contributed by atoms with van der Waals surface area (Å²) < 4.78 is 3.19. The van der Waals surface area contributed by atoms with Gasteiger partial charge in [0.05, 0.1) is 0 Å². The molecule has 0 aliphatic heterocycles. The molecule has 0 atom stereocenters. The molecule has 0 aromatic carbocycles. The maximum absolute atomic E-state index is 6.08. The van der Waals surface area contributed by atoms with Gasteiger partial charge in [0.15, 0.2) is 0 Å². The van der Waals surface area contributed by atoms with E-state index in [1.165, 1.54) is 77.0 Å². The molecule has 0 aromatic rings. The fourth-order valence-electron chi connectivity index (χ4n) is 3.40. The molecule has 0 spiro atoms. The van der Waals surface area contributed by atoms with Gasteiger partial charge < -0.3 is 0 Å². The molecule has 0 aliphatic rings. The minimum absolute atomic E-state index is 1.06. The summed E-state index contributed by atoms with van der Waals surface area (Å²) in [4.78, 5) is 7.37. The number of nitrogens with zero attached hydrogens (tertiary/aromatic N) is 3. The van der Waals surface area contributed by atoms with Crippen molar-refractivity contribution in [3.8, 4) is 0 Å². The van der Waals surface area contributed by atoms with Gasteiger partial charge in [-0.15, -0.1) is 0 Å². The SMILES string of the molecule is CCCCN(CCCC)C(=S)S[As](SC(=S)N(CCCC)CCCC)SC(=S)N(CCCC)CCCC. The molecule has 218 valence electrons. The third kappa shape index (κ3) is 19.1. The molecule has 0 unspecified atom stereocenters. The summed E-state index contributed by atoms with van der Waals surface area (Å²) >= 11 is 16.6. The average Bonchev–Trinajstić information content (AvgIpc) is 2.88. The first-order valence-electron chi connectivity index (χ1n) is 14.6. The third-order valence-corrected chi connectivity index (χ3v) is 24.6. The van der Waals surface area contributed by atoms with E-state index in [4.69, 9.17) is 36.7 Å². The summed E-state index contributed by atoms with van der Waals surface area (Å²) in [6, 6.07) is 0. The zero-order valence-corrected chi connectivity index (χ0v) is 31.2. The number of rotatable bonds is 21. The van der Waals surface area contributed by atoms with Gasteiger partial charge in [-0.3, -0.25) is 0 Å². The van der Waals surface area contributed by atoms with Crippen LogP contribution in [-0.2, 0) is 0 Å². The molecule has 0 amide bonds. The first-order valence-corrected chi connectivity index (χ1v) is 25.0. The molecule has 0 saturated heterocycles. The van der Waals surface area contributed by atoms with E-state index in [1.54, 1.807) is 0 Å². The van der Waals surface area contributed by atoms with Crippen LogP contribution in [0.15, 0.2) is 0 Å². The third-order valence-electron chi connectivity index (χ3n) is 5.92. The second-order valence-corrected chi connectivity index (χ2v) is 26.7. The predicted molar refractivity (Wildman–Crippen MR) is 190 cm³/mol. The fourth-order valence-corrected chi connectivity index (χ4v) is 26.9. The first kappa shape index (κ1) is 38.3. The summed E-state index contributed by atoms with van der Waals surface area (Å²) in [7, 11) is 5.82. The Bertz CT molecular complexity index is 506. The van der Waals surface area contributed by atoms with Gasteiger partial charge in [-0.25, -0.2) is 0 Å². The van der Waals surface area contributed by atoms with Crippen LogP contribution in [0.2, 0.25) is 0 Å². The van der Waals surface area contributed by atoms with Gasteiger partial charge in [0, 0.05) is 0 Å². The molecule has 10 heteroatoms. The van der Waals surface area contributed by atoms with Crippen LogP contribution in [0.25, 0.3) is 0 Å².